The lowest BCUT2D eigenvalue weighted by Crippen LogP contribution is -2.20. The van der Waals surface area contributed by atoms with Gasteiger partial charge in [-0.3, -0.25) is 0 Å². The van der Waals surface area contributed by atoms with Crippen LogP contribution in [-0.2, 0) is 4.74 Å². The molecule has 0 aromatic carbocycles. The molecule has 1 aromatic heterocycles. The van der Waals surface area contributed by atoms with Gasteiger partial charge in [0.1, 0.15) is 10.8 Å². The number of hydrogen-bond acceptors (Lipinski definition) is 5. The third-order valence-electron chi connectivity index (χ3n) is 2.84. The van der Waals surface area contributed by atoms with Crippen LogP contribution in [0, 0.1) is 0 Å². The van der Waals surface area contributed by atoms with Crippen molar-refractivity contribution in [1.29, 1.82) is 0 Å². The summed E-state index contributed by atoms with van der Waals surface area (Å²) in [5.74, 6) is 0.584. The van der Waals surface area contributed by atoms with Crippen LogP contribution in [0.1, 0.15) is 32.1 Å². The highest BCUT2D eigenvalue weighted by molar-refractivity contribution is 7.10. The molecule has 16 heavy (non-hydrogen) atoms. The number of nitrogen functional groups attached to an aromatic ring is 1. The molecule has 5 heteroatoms. The second-order valence-electron chi connectivity index (χ2n) is 4.17. The lowest BCUT2D eigenvalue weighted by atomic mass is 9.98. The van der Waals surface area contributed by atoms with Crippen molar-refractivity contribution in [2.75, 3.05) is 24.2 Å². The number of anilines is 2. The normalized spacial score (nSPS) is 17.5. The Balaban J connectivity index is 1.57. The number of nitrogens with two attached hydrogens (primary N) is 1. The van der Waals surface area contributed by atoms with Gasteiger partial charge in [-0.1, -0.05) is 19.3 Å². The van der Waals surface area contributed by atoms with E-state index in [2.05, 4.69) is 9.69 Å². The quantitative estimate of drug-likeness (QED) is 0.778. The molecule has 1 saturated carbocycles. The molecule has 0 spiro atoms. The molecule has 3 N–H and O–H groups in total. The highest BCUT2D eigenvalue weighted by Gasteiger charge is 2.12. The first-order valence-corrected chi connectivity index (χ1v) is 6.69. The van der Waals surface area contributed by atoms with Gasteiger partial charge in [0, 0.05) is 12.6 Å². The molecule has 1 aliphatic carbocycles. The summed E-state index contributed by atoms with van der Waals surface area (Å²) >= 11 is 1.39. The van der Waals surface area contributed by atoms with Crippen molar-refractivity contribution < 1.29 is 4.74 Å². The lowest BCUT2D eigenvalue weighted by Gasteiger charge is -2.21. The fraction of sp³-hybridized carbons (Fsp3) is 0.727. The zero-order valence-electron chi connectivity index (χ0n) is 9.45. The van der Waals surface area contributed by atoms with E-state index in [4.69, 9.17) is 10.5 Å². The highest BCUT2D eigenvalue weighted by Crippen LogP contribution is 2.20. The molecule has 1 aromatic rings. The Morgan fingerprint density at radius 3 is 2.94 bits per heavy atom. The van der Waals surface area contributed by atoms with E-state index >= 15 is 0 Å². The van der Waals surface area contributed by atoms with Crippen molar-refractivity contribution in [2.45, 2.75) is 38.2 Å². The summed E-state index contributed by atoms with van der Waals surface area (Å²) in [4.78, 5) is 0. The van der Waals surface area contributed by atoms with Crippen LogP contribution < -0.4 is 11.1 Å². The van der Waals surface area contributed by atoms with Gasteiger partial charge >= 0.3 is 0 Å². The molecule has 0 radical (unpaired) electrons. The predicted molar refractivity (Wildman–Crippen MR) is 67.8 cm³/mol. The number of ether oxygens (including phenoxy) is 1. The van der Waals surface area contributed by atoms with Crippen LogP contribution >= 0.6 is 11.5 Å². The van der Waals surface area contributed by atoms with Gasteiger partial charge in [0.2, 0.25) is 0 Å². The Labute approximate surface area is 100 Å². The Kier molecular flexibility index (Phi) is 4.42. The molecular formula is C11H19N3OS. The average molecular weight is 241 g/mol. The maximum Gasteiger partial charge on any atom is 0.139 e. The van der Waals surface area contributed by atoms with Gasteiger partial charge in [0.25, 0.3) is 0 Å². The van der Waals surface area contributed by atoms with Gasteiger partial charge in [0.05, 0.1) is 12.7 Å². The van der Waals surface area contributed by atoms with Gasteiger partial charge in [-0.05, 0) is 24.4 Å². The first-order valence-electron chi connectivity index (χ1n) is 5.92. The van der Waals surface area contributed by atoms with Gasteiger partial charge in [0.15, 0.2) is 0 Å². The van der Waals surface area contributed by atoms with Crippen LogP contribution in [0.2, 0.25) is 0 Å². The minimum absolute atomic E-state index is 0.488. The zero-order valence-corrected chi connectivity index (χ0v) is 10.3. The molecule has 0 bridgehead atoms. The van der Waals surface area contributed by atoms with Crippen molar-refractivity contribution in [3.05, 3.63) is 6.07 Å². The summed E-state index contributed by atoms with van der Waals surface area (Å²) in [5, 5.41) is 4.27. The average Bonchev–Trinajstić information content (AvgIpc) is 2.72. The van der Waals surface area contributed by atoms with E-state index in [9.17, 15) is 0 Å². The first kappa shape index (κ1) is 11.7. The molecule has 4 nitrogen and oxygen atoms in total. The molecule has 0 aliphatic heterocycles. The van der Waals surface area contributed by atoms with E-state index in [-0.39, 0.29) is 0 Å². The fourth-order valence-electron chi connectivity index (χ4n) is 2.00. The maximum absolute atomic E-state index is 5.80. The van der Waals surface area contributed by atoms with Crippen LogP contribution in [0.15, 0.2) is 6.07 Å². The summed E-state index contributed by atoms with van der Waals surface area (Å²) in [6.07, 6.45) is 6.97. The summed E-state index contributed by atoms with van der Waals surface area (Å²) in [6.45, 7) is 1.60. The standard InChI is InChI=1S/C11H19N3OS/c12-10-8-11(16-14-10)13-6-7-15-9-4-2-1-3-5-9/h8-9,13H,1-7H2,(H2,12,14). The molecule has 90 valence electrons. The van der Waals surface area contributed by atoms with Crippen molar-refractivity contribution in [2.24, 2.45) is 0 Å². The molecule has 2 rings (SSSR count). The number of nitrogens with one attached hydrogen (secondary N) is 1. The topological polar surface area (TPSA) is 60.2 Å². The van der Waals surface area contributed by atoms with Gasteiger partial charge < -0.3 is 15.8 Å². The van der Waals surface area contributed by atoms with Crippen molar-refractivity contribution in [1.82, 2.24) is 4.37 Å². The second kappa shape index (κ2) is 6.06. The van der Waals surface area contributed by atoms with Crippen molar-refractivity contribution in [3.63, 3.8) is 0 Å². The summed E-state index contributed by atoms with van der Waals surface area (Å²) in [7, 11) is 0. The largest absolute Gasteiger partial charge is 0.383 e. The maximum atomic E-state index is 5.80. The molecule has 1 aliphatic rings. The van der Waals surface area contributed by atoms with Gasteiger partial charge in [-0.25, -0.2) is 0 Å². The Bertz CT molecular complexity index is 310. The molecule has 0 amide bonds. The first-order chi connectivity index (χ1) is 7.84. The number of nitrogens with zero attached hydrogens (tertiary/aromatic N) is 1. The van der Waals surface area contributed by atoms with E-state index < -0.39 is 0 Å². The van der Waals surface area contributed by atoms with Gasteiger partial charge in [-0.2, -0.15) is 4.37 Å². The molecule has 0 atom stereocenters. The molecule has 1 fully saturated rings. The number of aromatic nitrogens is 1. The Hall–Kier alpha value is -0.810. The molecule has 0 saturated heterocycles. The molecular weight excluding hydrogens is 222 g/mol. The van der Waals surface area contributed by atoms with E-state index in [1.54, 1.807) is 0 Å². The smallest absolute Gasteiger partial charge is 0.139 e. The summed E-state index contributed by atoms with van der Waals surface area (Å²) in [6, 6.07) is 1.85. The van der Waals surface area contributed by atoms with E-state index in [0.717, 1.165) is 18.2 Å². The van der Waals surface area contributed by atoms with Crippen molar-refractivity contribution >= 4 is 22.4 Å². The zero-order chi connectivity index (χ0) is 11.2. The van der Waals surface area contributed by atoms with Crippen molar-refractivity contribution in [3.8, 4) is 0 Å². The number of hydrogen-bond donors (Lipinski definition) is 2. The Morgan fingerprint density at radius 2 is 2.25 bits per heavy atom. The predicted octanol–water partition coefficient (Wildman–Crippen LogP) is 2.49. The monoisotopic (exact) mass is 241 g/mol. The highest BCUT2D eigenvalue weighted by atomic mass is 32.1. The fourth-order valence-corrected chi connectivity index (χ4v) is 2.60. The summed E-state index contributed by atoms with van der Waals surface area (Å²) in [5.41, 5.74) is 5.53. The summed E-state index contributed by atoms with van der Waals surface area (Å²) < 4.78 is 9.80. The molecule has 1 heterocycles. The number of rotatable bonds is 5. The second-order valence-corrected chi connectivity index (χ2v) is 4.98. The van der Waals surface area contributed by atoms with Crippen LogP contribution in [0.4, 0.5) is 10.8 Å². The third kappa shape index (κ3) is 3.64. The van der Waals surface area contributed by atoms with Gasteiger partial charge in [-0.15, -0.1) is 0 Å². The van der Waals surface area contributed by atoms with Crippen LogP contribution in [0.5, 0.6) is 0 Å². The van der Waals surface area contributed by atoms with E-state index in [0.29, 0.717) is 11.9 Å². The minimum Gasteiger partial charge on any atom is -0.383 e. The lowest BCUT2D eigenvalue weighted by molar-refractivity contribution is 0.0348. The van der Waals surface area contributed by atoms with E-state index in [1.165, 1.54) is 43.6 Å². The van der Waals surface area contributed by atoms with Crippen LogP contribution in [-0.4, -0.2) is 23.6 Å². The minimum atomic E-state index is 0.488. The van der Waals surface area contributed by atoms with Crippen LogP contribution in [0.3, 0.4) is 0 Å². The Morgan fingerprint density at radius 1 is 1.44 bits per heavy atom. The van der Waals surface area contributed by atoms with E-state index in [1.807, 2.05) is 6.07 Å². The molecule has 0 unspecified atom stereocenters. The van der Waals surface area contributed by atoms with Crippen LogP contribution in [0.25, 0.3) is 0 Å². The SMILES string of the molecule is Nc1cc(NCCOC2CCCCC2)sn1. The third-order valence-corrected chi connectivity index (χ3v) is 3.60.